The second kappa shape index (κ2) is 6.52. The van der Waals surface area contributed by atoms with E-state index in [9.17, 15) is 13.2 Å². The summed E-state index contributed by atoms with van der Waals surface area (Å²) in [5.74, 6) is 0.297. The lowest BCUT2D eigenvalue weighted by Crippen LogP contribution is -2.33. The van der Waals surface area contributed by atoms with Gasteiger partial charge in [0, 0.05) is 19.2 Å². The molecule has 0 unspecified atom stereocenters. The van der Waals surface area contributed by atoms with E-state index in [1.165, 1.54) is 13.0 Å². The van der Waals surface area contributed by atoms with E-state index in [-0.39, 0.29) is 10.8 Å². The molecule has 5 nitrogen and oxygen atoms in total. The number of carbonyl (C=O) groups excluding carboxylic acids is 1. The van der Waals surface area contributed by atoms with Gasteiger partial charge in [0.1, 0.15) is 10.6 Å². The summed E-state index contributed by atoms with van der Waals surface area (Å²) in [7, 11) is -3.93. The van der Waals surface area contributed by atoms with Crippen LogP contribution in [0, 0.1) is 13.8 Å². The van der Waals surface area contributed by atoms with Crippen molar-refractivity contribution in [2.45, 2.75) is 38.5 Å². The number of aryl methyl sites for hydroxylation is 2. The summed E-state index contributed by atoms with van der Waals surface area (Å²) in [5.41, 5.74) is 3.40. The summed E-state index contributed by atoms with van der Waals surface area (Å²) in [6.07, 6.45) is 1.56. The molecule has 0 bridgehead atoms. The summed E-state index contributed by atoms with van der Waals surface area (Å²) < 4.78 is 30.7. The fourth-order valence-corrected chi connectivity index (χ4v) is 4.07. The van der Waals surface area contributed by atoms with Crippen molar-refractivity contribution in [3.63, 3.8) is 0 Å². The Morgan fingerprint density at radius 2 is 1.92 bits per heavy atom. The Labute approximate surface area is 148 Å². The van der Waals surface area contributed by atoms with Gasteiger partial charge in [-0.15, -0.1) is 0 Å². The van der Waals surface area contributed by atoms with E-state index in [2.05, 4.69) is 0 Å². The highest BCUT2D eigenvalue weighted by molar-refractivity contribution is 7.87. The normalized spacial score (nSPS) is 14.1. The molecule has 0 saturated heterocycles. The Balaban J connectivity index is 1.96. The molecule has 2 aromatic carbocycles. The number of fused-ring (bicyclic) bond motifs is 1. The van der Waals surface area contributed by atoms with Crippen LogP contribution in [0.2, 0.25) is 0 Å². The standard InChI is InChI=1S/C19H21NO4S/c1-13-6-4-8-19(14(13)2)24-25(22,23)17-9-10-18-16(12-17)7-5-11-20(18)15(3)21/h4,6,8-10,12H,5,7,11H2,1-3H3. The Morgan fingerprint density at radius 1 is 1.16 bits per heavy atom. The van der Waals surface area contributed by atoms with Crippen LogP contribution in [0.1, 0.15) is 30.0 Å². The maximum absolute atomic E-state index is 12.7. The van der Waals surface area contributed by atoms with Crippen molar-refractivity contribution in [1.82, 2.24) is 0 Å². The fourth-order valence-electron chi connectivity index (χ4n) is 3.04. The summed E-state index contributed by atoms with van der Waals surface area (Å²) in [5, 5.41) is 0. The van der Waals surface area contributed by atoms with Crippen molar-refractivity contribution in [3.05, 3.63) is 53.1 Å². The van der Waals surface area contributed by atoms with Crippen LogP contribution < -0.4 is 9.08 Å². The van der Waals surface area contributed by atoms with E-state index in [0.29, 0.717) is 12.3 Å². The highest BCUT2D eigenvalue weighted by Crippen LogP contribution is 2.31. The molecule has 6 heteroatoms. The van der Waals surface area contributed by atoms with Gasteiger partial charge in [-0.3, -0.25) is 4.79 Å². The Bertz CT molecular complexity index is 934. The zero-order valence-corrected chi connectivity index (χ0v) is 15.4. The number of benzene rings is 2. The van der Waals surface area contributed by atoms with E-state index in [0.717, 1.165) is 35.2 Å². The lowest BCUT2D eigenvalue weighted by Gasteiger charge is -2.28. The lowest BCUT2D eigenvalue weighted by atomic mass is 10.0. The van der Waals surface area contributed by atoms with Gasteiger partial charge < -0.3 is 9.08 Å². The van der Waals surface area contributed by atoms with Crippen LogP contribution in [-0.4, -0.2) is 20.9 Å². The van der Waals surface area contributed by atoms with E-state index in [4.69, 9.17) is 4.18 Å². The van der Waals surface area contributed by atoms with Crippen LogP contribution in [0.3, 0.4) is 0 Å². The first-order chi connectivity index (χ1) is 11.8. The molecule has 25 heavy (non-hydrogen) atoms. The first-order valence-corrected chi connectivity index (χ1v) is 9.62. The Kier molecular flexibility index (Phi) is 4.56. The Hall–Kier alpha value is -2.34. The van der Waals surface area contributed by atoms with Gasteiger partial charge in [-0.25, -0.2) is 0 Å². The van der Waals surface area contributed by atoms with Crippen LogP contribution in [0.25, 0.3) is 0 Å². The van der Waals surface area contributed by atoms with E-state index < -0.39 is 10.1 Å². The number of hydrogen-bond donors (Lipinski definition) is 0. The van der Waals surface area contributed by atoms with Gasteiger partial charge in [0.25, 0.3) is 0 Å². The largest absolute Gasteiger partial charge is 0.379 e. The molecule has 1 aliphatic rings. The van der Waals surface area contributed by atoms with E-state index in [1.807, 2.05) is 19.9 Å². The molecular formula is C19H21NO4S. The summed E-state index contributed by atoms with van der Waals surface area (Å²) in [4.78, 5) is 13.5. The second-order valence-corrected chi connectivity index (χ2v) is 7.85. The molecule has 1 heterocycles. The summed E-state index contributed by atoms with van der Waals surface area (Å²) in [6.45, 7) is 5.92. The van der Waals surface area contributed by atoms with Gasteiger partial charge in [-0.2, -0.15) is 8.42 Å². The van der Waals surface area contributed by atoms with Crippen molar-refractivity contribution in [2.24, 2.45) is 0 Å². The molecule has 0 aromatic heterocycles. The van der Waals surface area contributed by atoms with Gasteiger partial charge in [0.05, 0.1) is 0 Å². The fraction of sp³-hybridized carbons (Fsp3) is 0.316. The molecule has 0 aliphatic carbocycles. The maximum atomic E-state index is 12.7. The number of carbonyl (C=O) groups is 1. The van der Waals surface area contributed by atoms with Crippen molar-refractivity contribution in [2.75, 3.05) is 11.4 Å². The van der Waals surface area contributed by atoms with Crippen LogP contribution in [-0.2, 0) is 21.3 Å². The smallest absolute Gasteiger partial charge is 0.339 e. The minimum Gasteiger partial charge on any atom is -0.379 e. The number of amides is 1. The van der Waals surface area contributed by atoms with Crippen LogP contribution in [0.15, 0.2) is 41.3 Å². The predicted molar refractivity (Wildman–Crippen MR) is 96.5 cm³/mol. The molecule has 132 valence electrons. The average Bonchev–Trinajstić information content (AvgIpc) is 2.57. The molecule has 0 N–H and O–H groups in total. The number of nitrogens with zero attached hydrogens (tertiary/aromatic N) is 1. The molecule has 1 aliphatic heterocycles. The first kappa shape index (κ1) is 17.5. The highest BCUT2D eigenvalue weighted by atomic mass is 32.2. The summed E-state index contributed by atoms with van der Waals surface area (Å²) >= 11 is 0. The zero-order chi connectivity index (χ0) is 18.2. The minimum atomic E-state index is -3.93. The summed E-state index contributed by atoms with van der Waals surface area (Å²) in [6, 6.07) is 10.1. The highest BCUT2D eigenvalue weighted by Gasteiger charge is 2.24. The van der Waals surface area contributed by atoms with Crippen molar-refractivity contribution in [1.29, 1.82) is 0 Å². The van der Waals surface area contributed by atoms with Gasteiger partial charge in [-0.1, -0.05) is 12.1 Å². The van der Waals surface area contributed by atoms with Gasteiger partial charge in [0.15, 0.2) is 0 Å². The van der Waals surface area contributed by atoms with Crippen LogP contribution >= 0.6 is 0 Å². The quantitative estimate of drug-likeness (QED) is 0.788. The first-order valence-electron chi connectivity index (χ1n) is 8.21. The number of hydrogen-bond acceptors (Lipinski definition) is 4. The van der Waals surface area contributed by atoms with Crippen molar-refractivity contribution >= 4 is 21.7 Å². The zero-order valence-electron chi connectivity index (χ0n) is 14.6. The molecule has 0 radical (unpaired) electrons. The second-order valence-electron chi connectivity index (χ2n) is 6.30. The van der Waals surface area contributed by atoms with Gasteiger partial charge >= 0.3 is 10.1 Å². The maximum Gasteiger partial charge on any atom is 0.339 e. The predicted octanol–water partition coefficient (Wildman–Crippen LogP) is 3.37. The molecule has 0 spiro atoms. The Morgan fingerprint density at radius 3 is 2.64 bits per heavy atom. The number of rotatable bonds is 3. The van der Waals surface area contributed by atoms with Crippen LogP contribution in [0.5, 0.6) is 5.75 Å². The molecule has 0 saturated carbocycles. The third kappa shape index (κ3) is 3.39. The molecule has 0 atom stereocenters. The van der Waals surface area contributed by atoms with Crippen molar-refractivity contribution in [3.8, 4) is 5.75 Å². The topological polar surface area (TPSA) is 63.7 Å². The molecule has 2 aromatic rings. The van der Waals surface area contributed by atoms with Gasteiger partial charge in [0.2, 0.25) is 5.91 Å². The molecule has 1 amide bonds. The van der Waals surface area contributed by atoms with Gasteiger partial charge in [-0.05, 0) is 67.6 Å². The molecule has 0 fully saturated rings. The van der Waals surface area contributed by atoms with Crippen molar-refractivity contribution < 1.29 is 17.4 Å². The minimum absolute atomic E-state index is 0.0387. The third-order valence-electron chi connectivity index (χ3n) is 4.59. The van der Waals surface area contributed by atoms with E-state index in [1.54, 1.807) is 29.2 Å². The molecule has 3 rings (SSSR count). The SMILES string of the molecule is CC(=O)N1CCCc2cc(S(=O)(=O)Oc3cccc(C)c3C)ccc21. The van der Waals surface area contributed by atoms with Crippen LogP contribution in [0.4, 0.5) is 5.69 Å². The monoisotopic (exact) mass is 359 g/mol. The van der Waals surface area contributed by atoms with E-state index >= 15 is 0 Å². The molecular weight excluding hydrogens is 338 g/mol. The number of anilines is 1. The lowest BCUT2D eigenvalue weighted by molar-refractivity contribution is -0.116. The third-order valence-corrected chi connectivity index (χ3v) is 5.82. The average molecular weight is 359 g/mol.